The van der Waals surface area contributed by atoms with E-state index in [0.29, 0.717) is 3.57 Å². The minimum Gasteiger partial charge on any atom is -0.462 e. The molecule has 0 aromatic heterocycles. The maximum atomic E-state index is 11.3. The summed E-state index contributed by atoms with van der Waals surface area (Å²) in [7, 11) is 0. The monoisotopic (exact) mass is 531 g/mol. The molecule has 30 heavy (non-hydrogen) atoms. The Kier molecular flexibility index (Phi) is 9.61. The van der Waals surface area contributed by atoms with Crippen molar-refractivity contribution in [2.75, 3.05) is 18.9 Å². The zero-order chi connectivity index (χ0) is 22.8. The lowest BCUT2D eigenvalue weighted by Crippen LogP contribution is -2.06. The maximum absolute atomic E-state index is 11.3. The molecular weight excluding hydrogens is 513 g/mol. The number of rotatable bonds is 6. The predicted molar refractivity (Wildman–Crippen MR) is 115 cm³/mol. The first-order chi connectivity index (χ1) is 14.1. The van der Waals surface area contributed by atoms with Gasteiger partial charge in [0, 0.05) is 33.5 Å². The zero-order valence-electron chi connectivity index (χ0n) is 16.0. The quantitative estimate of drug-likeness (QED) is 0.192. The van der Waals surface area contributed by atoms with E-state index in [9.17, 15) is 29.8 Å². The van der Waals surface area contributed by atoms with Gasteiger partial charge in [-0.15, -0.1) is 0 Å². The summed E-state index contributed by atoms with van der Waals surface area (Å²) in [6, 6.07) is 7.80. The van der Waals surface area contributed by atoms with E-state index in [4.69, 9.17) is 15.2 Å². The lowest BCUT2D eigenvalue weighted by Gasteiger charge is -2.02. The Bertz CT molecular complexity index is 887. The fraction of sp³-hybridized carbons (Fsp3) is 0.222. The number of carbonyl (C=O) groups is 2. The number of nitrogens with zero attached hydrogens (tertiary/aromatic N) is 2. The fourth-order valence-corrected chi connectivity index (χ4v) is 2.74. The summed E-state index contributed by atoms with van der Waals surface area (Å²) in [6.07, 6.45) is 0. The molecular formula is C18H18IN3O8. The number of non-ortho nitro benzene ring substituents is 2. The number of nitrogen functional groups attached to an aromatic ring is 1. The summed E-state index contributed by atoms with van der Waals surface area (Å²) >= 11 is 1.91. The Balaban J connectivity index is 0.000000300. The smallest absolute Gasteiger partial charge is 0.338 e. The van der Waals surface area contributed by atoms with Crippen molar-refractivity contribution in [2.24, 2.45) is 0 Å². The molecule has 2 aromatic rings. The van der Waals surface area contributed by atoms with Gasteiger partial charge in [-0.2, -0.15) is 0 Å². The molecule has 2 N–H and O–H groups in total. The molecule has 0 fully saturated rings. The third-order valence-electron chi connectivity index (χ3n) is 3.27. The van der Waals surface area contributed by atoms with Crippen LogP contribution in [-0.4, -0.2) is 35.0 Å². The highest BCUT2D eigenvalue weighted by molar-refractivity contribution is 14.1. The third-order valence-corrected chi connectivity index (χ3v) is 3.89. The first-order valence-electron chi connectivity index (χ1n) is 8.43. The van der Waals surface area contributed by atoms with Crippen molar-refractivity contribution in [1.82, 2.24) is 0 Å². The van der Waals surface area contributed by atoms with Gasteiger partial charge in [0.2, 0.25) is 0 Å². The molecule has 12 heteroatoms. The molecule has 0 unspecified atom stereocenters. The molecule has 0 aliphatic carbocycles. The van der Waals surface area contributed by atoms with E-state index in [1.807, 2.05) is 22.6 Å². The molecule has 0 radical (unpaired) electrons. The topological polar surface area (TPSA) is 165 Å². The van der Waals surface area contributed by atoms with Gasteiger partial charge < -0.3 is 15.2 Å². The lowest BCUT2D eigenvalue weighted by atomic mass is 10.2. The molecule has 0 bridgehead atoms. The van der Waals surface area contributed by atoms with Gasteiger partial charge in [0.15, 0.2) is 0 Å². The highest BCUT2D eigenvalue weighted by Crippen LogP contribution is 2.20. The normalized spacial score (nSPS) is 9.70. The summed E-state index contributed by atoms with van der Waals surface area (Å²) in [5.74, 6) is -1.16. The van der Waals surface area contributed by atoms with E-state index in [-0.39, 0.29) is 41.4 Å². The first kappa shape index (κ1) is 24.7. The van der Waals surface area contributed by atoms with Crippen LogP contribution in [0.3, 0.4) is 0 Å². The summed E-state index contributed by atoms with van der Waals surface area (Å²) in [5.41, 5.74) is 5.54. The molecule has 160 valence electrons. The summed E-state index contributed by atoms with van der Waals surface area (Å²) in [5, 5.41) is 21.0. The Morgan fingerprint density at radius 3 is 1.73 bits per heavy atom. The van der Waals surface area contributed by atoms with E-state index in [1.165, 1.54) is 24.3 Å². The zero-order valence-corrected chi connectivity index (χ0v) is 18.2. The van der Waals surface area contributed by atoms with Crippen LogP contribution in [0.5, 0.6) is 0 Å². The minimum absolute atomic E-state index is 0.0866. The summed E-state index contributed by atoms with van der Waals surface area (Å²) < 4.78 is 10.1. The van der Waals surface area contributed by atoms with Gasteiger partial charge >= 0.3 is 11.9 Å². The van der Waals surface area contributed by atoms with Crippen molar-refractivity contribution in [3.05, 3.63) is 71.3 Å². The first-order valence-corrected chi connectivity index (χ1v) is 9.51. The lowest BCUT2D eigenvalue weighted by molar-refractivity contribution is -0.385. The van der Waals surface area contributed by atoms with Crippen LogP contribution in [0, 0.1) is 23.8 Å². The molecule has 0 aliphatic heterocycles. The maximum Gasteiger partial charge on any atom is 0.338 e. The molecule has 0 saturated carbocycles. The number of carbonyl (C=O) groups excluding carboxylic acids is 2. The van der Waals surface area contributed by atoms with Gasteiger partial charge in [0.25, 0.3) is 11.4 Å². The Hall–Kier alpha value is -3.29. The van der Waals surface area contributed by atoms with E-state index in [2.05, 4.69) is 0 Å². The van der Waals surface area contributed by atoms with Crippen LogP contribution in [0.2, 0.25) is 0 Å². The number of nitro groups is 2. The largest absolute Gasteiger partial charge is 0.462 e. The van der Waals surface area contributed by atoms with E-state index < -0.39 is 21.8 Å². The van der Waals surface area contributed by atoms with Crippen LogP contribution < -0.4 is 5.73 Å². The Morgan fingerprint density at radius 1 is 0.867 bits per heavy atom. The van der Waals surface area contributed by atoms with E-state index >= 15 is 0 Å². The standard InChI is InChI=1S/C9H8INO4.C9H10N2O4/c2*1-2-15-9(12)6-3-7(10)5-8(4-6)11(13)14/h3-5H,2H2,1H3;3-5H,2,10H2,1H3. The number of esters is 2. The van der Waals surface area contributed by atoms with Gasteiger partial charge in [-0.05, 0) is 48.6 Å². The predicted octanol–water partition coefficient (Wildman–Crippen LogP) is 3.73. The number of ether oxygens (including phenoxy) is 2. The molecule has 0 atom stereocenters. The van der Waals surface area contributed by atoms with E-state index in [0.717, 1.165) is 6.07 Å². The molecule has 0 spiro atoms. The van der Waals surface area contributed by atoms with Gasteiger partial charge in [0.1, 0.15) is 0 Å². The Morgan fingerprint density at radius 2 is 1.30 bits per heavy atom. The molecule has 0 heterocycles. The van der Waals surface area contributed by atoms with Crippen LogP contribution in [-0.2, 0) is 9.47 Å². The molecule has 11 nitrogen and oxygen atoms in total. The van der Waals surface area contributed by atoms with Crippen LogP contribution >= 0.6 is 22.6 Å². The molecule has 0 aliphatic rings. The van der Waals surface area contributed by atoms with Crippen molar-refractivity contribution >= 4 is 51.6 Å². The number of anilines is 1. The van der Waals surface area contributed by atoms with Crippen LogP contribution in [0.15, 0.2) is 36.4 Å². The van der Waals surface area contributed by atoms with E-state index in [1.54, 1.807) is 19.9 Å². The van der Waals surface area contributed by atoms with Gasteiger partial charge in [-0.1, -0.05) is 0 Å². The van der Waals surface area contributed by atoms with Crippen LogP contribution in [0.1, 0.15) is 34.6 Å². The summed E-state index contributed by atoms with van der Waals surface area (Å²) in [6.45, 7) is 3.79. The molecule has 0 amide bonds. The highest BCUT2D eigenvalue weighted by Gasteiger charge is 2.15. The number of nitrogens with two attached hydrogens (primary N) is 1. The number of benzene rings is 2. The van der Waals surface area contributed by atoms with Crippen molar-refractivity contribution in [2.45, 2.75) is 13.8 Å². The molecule has 0 saturated heterocycles. The minimum atomic E-state index is -0.618. The number of hydrogen-bond donors (Lipinski definition) is 1. The van der Waals surface area contributed by atoms with Crippen molar-refractivity contribution in [3.8, 4) is 0 Å². The number of hydrogen-bond acceptors (Lipinski definition) is 9. The Labute approximate surface area is 184 Å². The van der Waals surface area contributed by atoms with Crippen LogP contribution in [0.25, 0.3) is 0 Å². The fourth-order valence-electron chi connectivity index (χ4n) is 2.08. The van der Waals surface area contributed by atoms with Crippen LogP contribution in [0.4, 0.5) is 17.1 Å². The van der Waals surface area contributed by atoms with Crippen molar-refractivity contribution < 1.29 is 28.9 Å². The van der Waals surface area contributed by atoms with Gasteiger partial charge in [0.05, 0.1) is 34.2 Å². The molecule has 2 rings (SSSR count). The van der Waals surface area contributed by atoms with Crippen molar-refractivity contribution in [3.63, 3.8) is 0 Å². The van der Waals surface area contributed by atoms with Crippen molar-refractivity contribution in [1.29, 1.82) is 0 Å². The summed E-state index contributed by atoms with van der Waals surface area (Å²) in [4.78, 5) is 42.5. The average Bonchev–Trinajstić information content (AvgIpc) is 2.67. The highest BCUT2D eigenvalue weighted by atomic mass is 127. The number of halogens is 1. The second kappa shape index (κ2) is 11.6. The molecule has 2 aromatic carbocycles. The number of nitro benzene ring substituents is 2. The second-order valence-electron chi connectivity index (χ2n) is 5.47. The SMILES string of the molecule is CCOC(=O)c1cc(I)cc([N+](=O)[O-])c1.CCOC(=O)c1cc(N)cc([N+](=O)[O-])c1. The average molecular weight is 531 g/mol. The third kappa shape index (κ3) is 7.62. The van der Waals surface area contributed by atoms with Gasteiger partial charge in [-0.25, -0.2) is 9.59 Å². The van der Waals surface area contributed by atoms with Gasteiger partial charge in [-0.3, -0.25) is 20.2 Å². The second-order valence-corrected chi connectivity index (χ2v) is 6.71.